The Balaban J connectivity index is 2.13. The highest BCUT2D eigenvalue weighted by molar-refractivity contribution is 9.10. The van der Waals surface area contributed by atoms with Gasteiger partial charge in [-0.1, -0.05) is 20.8 Å². The molecule has 2 rings (SSSR count). The molecule has 0 unspecified atom stereocenters. The molecule has 0 radical (unpaired) electrons. The molecule has 2 heterocycles. The van der Waals surface area contributed by atoms with Gasteiger partial charge in [-0.05, 0) is 29.3 Å². The van der Waals surface area contributed by atoms with Gasteiger partial charge in [-0.2, -0.15) is 5.10 Å². The Bertz CT molecular complexity index is 585. The van der Waals surface area contributed by atoms with Crippen molar-refractivity contribution < 1.29 is 0 Å². The third kappa shape index (κ3) is 3.95. The molecular weight excluding hydrogens is 330 g/mol. The van der Waals surface area contributed by atoms with E-state index in [-0.39, 0.29) is 0 Å². The smallest absolute Gasteiger partial charge is 0.0953 e. The van der Waals surface area contributed by atoms with Crippen molar-refractivity contribution in [2.24, 2.45) is 0 Å². The highest BCUT2D eigenvalue weighted by Gasteiger charge is 2.14. The zero-order valence-corrected chi connectivity index (χ0v) is 14.8. The molecule has 0 atom stereocenters. The number of imidazole rings is 1. The summed E-state index contributed by atoms with van der Waals surface area (Å²) in [5, 5.41) is 8.02. The Morgan fingerprint density at radius 2 is 2.10 bits per heavy atom. The van der Waals surface area contributed by atoms with Crippen LogP contribution < -0.4 is 5.32 Å². The molecule has 0 aliphatic carbocycles. The van der Waals surface area contributed by atoms with Crippen LogP contribution in [0.15, 0.2) is 17.0 Å². The molecule has 6 heteroatoms. The monoisotopic (exact) mass is 353 g/mol. The summed E-state index contributed by atoms with van der Waals surface area (Å²) in [6.07, 6.45) is 4.93. The van der Waals surface area contributed by atoms with Crippen molar-refractivity contribution in [3.8, 4) is 0 Å². The maximum atomic E-state index is 4.63. The maximum absolute atomic E-state index is 4.63. The highest BCUT2D eigenvalue weighted by Crippen LogP contribution is 2.23. The van der Waals surface area contributed by atoms with Gasteiger partial charge in [0.25, 0.3) is 0 Å². The molecule has 21 heavy (non-hydrogen) atoms. The van der Waals surface area contributed by atoms with E-state index in [4.69, 9.17) is 0 Å². The molecule has 0 fully saturated rings. The normalized spacial score (nSPS) is 11.5. The molecule has 0 aliphatic heterocycles. The van der Waals surface area contributed by atoms with Crippen molar-refractivity contribution in [1.82, 2.24) is 24.6 Å². The summed E-state index contributed by atoms with van der Waals surface area (Å²) in [7, 11) is 0. The predicted octanol–water partition coefficient (Wildman–Crippen LogP) is 2.97. The van der Waals surface area contributed by atoms with Crippen LogP contribution in [-0.2, 0) is 26.1 Å². The molecular formula is C15H24BrN5. The van der Waals surface area contributed by atoms with Crippen molar-refractivity contribution >= 4 is 15.9 Å². The van der Waals surface area contributed by atoms with Crippen molar-refractivity contribution in [2.45, 2.75) is 59.8 Å². The topological polar surface area (TPSA) is 47.7 Å². The summed E-state index contributed by atoms with van der Waals surface area (Å²) in [5.41, 5.74) is 3.39. The number of hydrogen-bond acceptors (Lipinski definition) is 3. The molecule has 5 nitrogen and oxygen atoms in total. The van der Waals surface area contributed by atoms with Crippen LogP contribution in [0.2, 0.25) is 0 Å². The van der Waals surface area contributed by atoms with Gasteiger partial charge in [0.2, 0.25) is 0 Å². The summed E-state index contributed by atoms with van der Waals surface area (Å²) in [5.74, 6) is 0. The summed E-state index contributed by atoms with van der Waals surface area (Å²) in [6.45, 7) is 11.0. The first-order valence-corrected chi connectivity index (χ1v) is 8.32. The molecule has 116 valence electrons. The average Bonchev–Trinajstić information content (AvgIpc) is 3.03. The second-order valence-corrected chi connectivity index (χ2v) is 6.24. The number of halogens is 1. The maximum Gasteiger partial charge on any atom is 0.0953 e. The fourth-order valence-electron chi connectivity index (χ4n) is 2.23. The number of aromatic nitrogens is 4. The molecule has 0 spiro atoms. The lowest BCUT2D eigenvalue weighted by molar-refractivity contribution is 0.581. The third-order valence-electron chi connectivity index (χ3n) is 3.40. The Labute approximate surface area is 134 Å². The molecule has 0 saturated heterocycles. The van der Waals surface area contributed by atoms with Crippen LogP contribution in [0.3, 0.4) is 0 Å². The summed E-state index contributed by atoms with van der Waals surface area (Å²) in [4.78, 5) is 4.45. The molecule has 1 N–H and O–H groups in total. The number of aryl methyl sites for hydroxylation is 2. The number of rotatable bonds is 7. The summed E-state index contributed by atoms with van der Waals surface area (Å²) < 4.78 is 5.31. The standard InChI is InChI=1S/C15H24BrN5/c1-5-13-15(16)14(21(6-2)19-13)9-20-8-12(18-10-20)7-17-11(3)4/h8,10-11,17H,5-7,9H2,1-4H3. The first-order chi connectivity index (χ1) is 10.0. The van der Waals surface area contributed by atoms with Gasteiger partial charge in [-0.3, -0.25) is 4.68 Å². The molecule has 0 saturated carbocycles. The van der Waals surface area contributed by atoms with Crippen molar-refractivity contribution in [1.29, 1.82) is 0 Å². The number of hydrogen-bond donors (Lipinski definition) is 1. The molecule has 2 aromatic rings. The van der Waals surface area contributed by atoms with Crippen LogP contribution >= 0.6 is 15.9 Å². The third-order valence-corrected chi connectivity index (χ3v) is 4.32. The van der Waals surface area contributed by atoms with E-state index in [0.29, 0.717) is 6.04 Å². The van der Waals surface area contributed by atoms with E-state index < -0.39 is 0 Å². The van der Waals surface area contributed by atoms with Crippen LogP contribution in [-0.4, -0.2) is 25.4 Å². The molecule has 0 amide bonds. The van der Waals surface area contributed by atoms with Crippen molar-refractivity contribution in [2.75, 3.05) is 0 Å². The largest absolute Gasteiger partial charge is 0.331 e. The van der Waals surface area contributed by atoms with E-state index in [0.717, 1.165) is 41.9 Å². The first-order valence-electron chi connectivity index (χ1n) is 7.53. The summed E-state index contributed by atoms with van der Waals surface area (Å²) >= 11 is 3.69. The lowest BCUT2D eigenvalue weighted by atomic mass is 10.3. The average molecular weight is 354 g/mol. The molecule has 0 aromatic carbocycles. The van der Waals surface area contributed by atoms with E-state index >= 15 is 0 Å². The second-order valence-electron chi connectivity index (χ2n) is 5.45. The minimum Gasteiger partial charge on any atom is -0.331 e. The molecule has 0 aliphatic rings. The van der Waals surface area contributed by atoms with E-state index in [9.17, 15) is 0 Å². The fourth-order valence-corrected chi connectivity index (χ4v) is 2.92. The Morgan fingerprint density at radius 3 is 2.71 bits per heavy atom. The van der Waals surface area contributed by atoms with E-state index in [1.807, 2.05) is 6.33 Å². The quantitative estimate of drug-likeness (QED) is 0.832. The van der Waals surface area contributed by atoms with Gasteiger partial charge in [0, 0.05) is 25.3 Å². The van der Waals surface area contributed by atoms with Gasteiger partial charge >= 0.3 is 0 Å². The number of nitrogens with zero attached hydrogens (tertiary/aromatic N) is 4. The van der Waals surface area contributed by atoms with Gasteiger partial charge in [-0.25, -0.2) is 4.98 Å². The number of nitrogens with one attached hydrogen (secondary N) is 1. The van der Waals surface area contributed by atoms with Gasteiger partial charge in [-0.15, -0.1) is 0 Å². The van der Waals surface area contributed by atoms with Crippen LogP contribution in [0, 0.1) is 0 Å². The lowest BCUT2D eigenvalue weighted by Crippen LogP contribution is -2.21. The van der Waals surface area contributed by atoms with E-state index in [2.05, 4.69) is 74.5 Å². The van der Waals surface area contributed by atoms with Crippen LogP contribution in [0.4, 0.5) is 0 Å². The predicted molar refractivity (Wildman–Crippen MR) is 88.3 cm³/mol. The van der Waals surface area contributed by atoms with E-state index in [1.165, 1.54) is 5.69 Å². The highest BCUT2D eigenvalue weighted by atomic mass is 79.9. The SMILES string of the molecule is CCc1nn(CC)c(Cn2cnc(CNC(C)C)c2)c1Br. The Kier molecular flexibility index (Phi) is 5.58. The van der Waals surface area contributed by atoms with E-state index in [1.54, 1.807) is 0 Å². The minimum absolute atomic E-state index is 0.470. The molecule has 2 aromatic heterocycles. The van der Waals surface area contributed by atoms with Crippen molar-refractivity contribution in [3.63, 3.8) is 0 Å². The zero-order chi connectivity index (χ0) is 15.4. The summed E-state index contributed by atoms with van der Waals surface area (Å²) in [6, 6.07) is 0.470. The first kappa shape index (κ1) is 16.2. The van der Waals surface area contributed by atoms with Crippen LogP contribution in [0.25, 0.3) is 0 Å². The second kappa shape index (κ2) is 7.22. The fraction of sp³-hybridized carbons (Fsp3) is 0.600. The van der Waals surface area contributed by atoms with Gasteiger partial charge < -0.3 is 9.88 Å². The lowest BCUT2D eigenvalue weighted by Gasteiger charge is -2.07. The Morgan fingerprint density at radius 1 is 1.33 bits per heavy atom. The van der Waals surface area contributed by atoms with Crippen molar-refractivity contribution in [3.05, 3.63) is 34.1 Å². The minimum atomic E-state index is 0.470. The van der Waals surface area contributed by atoms with Gasteiger partial charge in [0.05, 0.1) is 34.4 Å². The molecule has 0 bridgehead atoms. The van der Waals surface area contributed by atoms with Gasteiger partial charge in [0.15, 0.2) is 0 Å². The van der Waals surface area contributed by atoms with Crippen LogP contribution in [0.5, 0.6) is 0 Å². The van der Waals surface area contributed by atoms with Gasteiger partial charge in [0.1, 0.15) is 0 Å². The van der Waals surface area contributed by atoms with Crippen LogP contribution in [0.1, 0.15) is 44.8 Å². The Hall–Kier alpha value is -1.14. The zero-order valence-electron chi connectivity index (χ0n) is 13.2.